The summed E-state index contributed by atoms with van der Waals surface area (Å²) in [5.74, 6) is -0.199. The van der Waals surface area contributed by atoms with Crippen LogP contribution in [0.4, 0.5) is 10.1 Å². The minimum absolute atomic E-state index is 0.199. The van der Waals surface area contributed by atoms with E-state index < -0.39 is 0 Å². The molecule has 0 spiro atoms. The highest BCUT2D eigenvalue weighted by atomic mass is 19.1. The van der Waals surface area contributed by atoms with Gasteiger partial charge in [0.25, 0.3) is 0 Å². The van der Waals surface area contributed by atoms with Crippen molar-refractivity contribution in [3.63, 3.8) is 0 Å². The lowest BCUT2D eigenvalue weighted by Crippen LogP contribution is -2.27. The Morgan fingerprint density at radius 1 is 1.47 bits per heavy atom. The van der Waals surface area contributed by atoms with Crippen LogP contribution in [0.3, 0.4) is 0 Å². The number of aryl methyl sites for hydroxylation is 1. The first-order valence-corrected chi connectivity index (χ1v) is 5.31. The average Bonchev–Trinajstić information content (AvgIpc) is 2.58. The predicted molar refractivity (Wildman–Crippen MR) is 58.6 cm³/mol. The highest BCUT2D eigenvalue weighted by Crippen LogP contribution is 2.22. The lowest BCUT2D eigenvalue weighted by atomic mass is 10.1. The zero-order valence-corrected chi connectivity index (χ0v) is 9.09. The molecule has 1 aromatic rings. The summed E-state index contributed by atoms with van der Waals surface area (Å²) in [6.07, 6.45) is 1.18. The van der Waals surface area contributed by atoms with Crippen LogP contribution in [-0.2, 0) is 4.74 Å². The number of hydrogen-bond donors (Lipinski definition) is 1. The second kappa shape index (κ2) is 4.19. The lowest BCUT2D eigenvalue weighted by molar-refractivity contribution is 0.121. The molecule has 0 aliphatic carbocycles. The van der Waals surface area contributed by atoms with Gasteiger partial charge in [0.2, 0.25) is 0 Å². The Balaban J connectivity index is 2.12. The summed E-state index contributed by atoms with van der Waals surface area (Å²) in [7, 11) is 0. The van der Waals surface area contributed by atoms with Crippen molar-refractivity contribution in [1.29, 1.82) is 0 Å². The number of nitrogens with one attached hydrogen (secondary N) is 1. The van der Waals surface area contributed by atoms with Gasteiger partial charge in [-0.25, -0.2) is 4.39 Å². The van der Waals surface area contributed by atoms with Gasteiger partial charge in [-0.05, 0) is 38.0 Å². The SMILES string of the molecule is Cc1ccc(F)cc1N[C@@H]1CCO[C@@H]1C. The van der Waals surface area contributed by atoms with Crippen molar-refractivity contribution in [3.05, 3.63) is 29.6 Å². The maximum Gasteiger partial charge on any atom is 0.125 e. The first kappa shape index (κ1) is 10.4. The monoisotopic (exact) mass is 209 g/mol. The molecule has 3 heteroatoms. The van der Waals surface area contributed by atoms with Gasteiger partial charge in [0.1, 0.15) is 5.82 Å². The molecule has 0 radical (unpaired) electrons. The topological polar surface area (TPSA) is 21.3 Å². The number of hydrogen-bond acceptors (Lipinski definition) is 2. The van der Waals surface area contributed by atoms with E-state index in [4.69, 9.17) is 4.74 Å². The van der Waals surface area contributed by atoms with Crippen LogP contribution >= 0.6 is 0 Å². The van der Waals surface area contributed by atoms with E-state index in [1.54, 1.807) is 12.1 Å². The van der Waals surface area contributed by atoms with Gasteiger partial charge in [-0.1, -0.05) is 6.07 Å². The lowest BCUT2D eigenvalue weighted by Gasteiger charge is -2.18. The summed E-state index contributed by atoms with van der Waals surface area (Å²) < 4.78 is 18.5. The largest absolute Gasteiger partial charge is 0.379 e. The molecule has 15 heavy (non-hydrogen) atoms. The van der Waals surface area contributed by atoms with E-state index >= 15 is 0 Å². The highest BCUT2D eigenvalue weighted by Gasteiger charge is 2.24. The summed E-state index contributed by atoms with van der Waals surface area (Å²) in [6.45, 7) is 4.80. The van der Waals surface area contributed by atoms with Crippen LogP contribution in [-0.4, -0.2) is 18.8 Å². The van der Waals surface area contributed by atoms with E-state index in [1.807, 2.05) is 13.8 Å². The summed E-state index contributed by atoms with van der Waals surface area (Å²) in [6, 6.07) is 5.11. The molecule has 1 aliphatic heterocycles. The fraction of sp³-hybridized carbons (Fsp3) is 0.500. The number of halogens is 1. The van der Waals surface area contributed by atoms with Crippen LogP contribution in [0.5, 0.6) is 0 Å². The molecule has 1 fully saturated rings. The highest BCUT2D eigenvalue weighted by molar-refractivity contribution is 5.51. The maximum absolute atomic E-state index is 13.0. The Morgan fingerprint density at radius 2 is 2.27 bits per heavy atom. The third-order valence-corrected chi connectivity index (χ3v) is 2.92. The zero-order chi connectivity index (χ0) is 10.8. The van der Waals surface area contributed by atoms with Crippen molar-refractivity contribution in [3.8, 4) is 0 Å². The van der Waals surface area contributed by atoms with Gasteiger partial charge in [-0.3, -0.25) is 0 Å². The molecular weight excluding hydrogens is 193 g/mol. The Hall–Kier alpha value is -1.09. The van der Waals surface area contributed by atoms with E-state index in [9.17, 15) is 4.39 Å². The standard InChI is InChI=1S/C12H16FNO/c1-8-3-4-10(13)7-12(8)14-11-5-6-15-9(11)2/h3-4,7,9,11,14H,5-6H2,1-2H3/t9-,11-/m1/s1. The zero-order valence-electron chi connectivity index (χ0n) is 9.09. The first-order chi connectivity index (χ1) is 7.16. The summed E-state index contributed by atoms with van der Waals surface area (Å²) in [5.41, 5.74) is 1.94. The molecule has 0 aromatic heterocycles. The fourth-order valence-corrected chi connectivity index (χ4v) is 1.87. The molecule has 0 bridgehead atoms. The summed E-state index contributed by atoms with van der Waals surface area (Å²) in [4.78, 5) is 0. The molecule has 0 saturated carbocycles. The van der Waals surface area contributed by atoms with Crippen molar-refractivity contribution in [2.75, 3.05) is 11.9 Å². The molecule has 1 aromatic carbocycles. The third-order valence-electron chi connectivity index (χ3n) is 2.92. The molecule has 0 amide bonds. The smallest absolute Gasteiger partial charge is 0.125 e. The molecule has 82 valence electrons. The van der Waals surface area contributed by atoms with Crippen LogP contribution in [0, 0.1) is 12.7 Å². The van der Waals surface area contributed by atoms with E-state index in [1.165, 1.54) is 6.07 Å². The third kappa shape index (κ3) is 2.29. The molecule has 0 unspecified atom stereocenters. The number of rotatable bonds is 2. The Bertz CT molecular complexity index is 353. The second-order valence-electron chi connectivity index (χ2n) is 4.07. The van der Waals surface area contributed by atoms with E-state index in [0.29, 0.717) is 6.04 Å². The van der Waals surface area contributed by atoms with Crippen molar-refractivity contribution in [2.24, 2.45) is 0 Å². The van der Waals surface area contributed by atoms with Gasteiger partial charge in [0.05, 0.1) is 12.1 Å². The van der Waals surface area contributed by atoms with Gasteiger partial charge in [-0.15, -0.1) is 0 Å². The fourth-order valence-electron chi connectivity index (χ4n) is 1.87. The quantitative estimate of drug-likeness (QED) is 0.808. The van der Waals surface area contributed by atoms with Crippen LogP contribution in [0.1, 0.15) is 18.9 Å². The van der Waals surface area contributed by atoms with E-state index in [-0.39, 0.29) is 11.9 Å². The average molecular weight is 209 g/mol. The van der Waals surface area contributed by atoms with Gasteiger partial charge in [0, 0.05) is 12.3 Å². The first-order valence-electron chi connectivity index (χ1n) is 5.31. The molecule has 2 rings (SSSR count). The molecule has 1 saturated heterocycles. The van der Waals surface area contributed by atoms with E-state index in [0.717, 1.165) is 24.3 Å². The van der Waals surface area contributed by atoms with Crippen LogP contribution < -0.4 is 5.32 Å². The normalized spacial score (nSPS) is 25.5. The van der Waals surface area contributed by atoms with Gasteiger partial charge < -0.3 is 10.1 Å². The molecule has 2 nitrogen and oxygen atoms in total. The van der Waals surface area contributed by atoms with Crippen molar-refractivity contribution < 1.29 is 9.13 Å². The Kier molecular flexibility index (Phi) is 2.91. The van der Waals surface area contributed by atoms with E-state index in [2.05, 4.69) is 5.32 Å². The van der Waals surface area contributed by atoms with Crippen molar-refractivity contribution >= 4 is 5.69 Å². The minimum Gasteiger partial charge on any atom is -0.379 e. The molecule has 1 aliphatic rings. The minimum atomic E-state index is -0.199. The van der Waals surface area contributed by atoms with Gasteiger partial charge in [-0.2, -0.15) is 0 Å². The number of ether oxygens (including phenoxy) is 1. The predicted octanol–water partition coefficient (Wildman–Crippen LogP) is 2.72. The van der Waals surface area contributed by atoms with Gasteiger partial charge in [0.15, 0.2) is 0 Å². The Labute approximate surface area is 89.4 Å². The molecule has 2 atom stereocenters. The van der Waals surface area contributed by atoms with Crippen LogP contribution in [0.2, 0.25) is 0 Å². The number of benzene rings is 1. The van der Waals surface area contributed by atoms with Crippen LogP contribution in [0.25, 0.3) is 0 Å². The van der Waals surface area contributed by atoms with Crippen LogP contribution in [0.15, 0.2) is 18.2 Å². The maximum atomic E-state index is 13.0. The Morgan fingerprint density at radius 3 is 2.93 bits per heavy atom. The summed E-state index contributed by atoms with van der Waals surface area (Å²) >= 11 is 0. The molecule has 1 N–H and O–H groups in total. The van der Waals surface area contributed by atoms with Crippen molar-refractivity contribution in [1.82, 2.24) is 0 Å². The molecular formula is C12H16FNO. The van der Waals surface area contributed by atoms with Gasteiger partial charge >= 0.3 is 0 Å². The molecule has 1 heterocycles. The summed E-state index contributed by atoms with van der Waals surface area (Å²) in [5, 5.41) is 3.33. The van der Waals surface area contributed by atoms with Crippen molar-refractivity contribution in [2.45, 2.75) is 32.4 Å². The second-order valence-corrected chi connectivity index (χ2v) is 4.07. The number of anilines is 1.